The van der Waals surface area contributed by atoms with E-state index in [2.05, 4.69) is 82.0 Å². The summed E-state index contributed by atoms with van der Waals surface area (Å²) < 4.78 is 33.2. The van der Waals surface area contributed by atoms with Crippen LogP contribution in [-0.2, 0) is 23.1 Å². The number of methoxy groups -OCH3 is 1. The predicted octanol–water partition coefficient (Wildman–Crippen LogP) is 7.82. The van der Waals surface area contributed by atoms with Gasteiger partial charge in [-0.3, -0.25) is 0 Å². The van der Waals surface area contributed by atoms with Gasteiger partial charge in [-0.2, -0.15) is 0 Å². The van der Waals surface area contributed by atoms with Crippen molar-refractivity contribution in [1.82, 2.24) is 0 Å². The molecule has 5 atom stereocenters. The van der Waals surface area contributed by atoms with Crippen LogP contribution in [-0.4, -0.2) is 60.6 Å². The molecule has 0 aliphatic carbocycles. The van der Waals surface area contributed by atoms with E-state index in [1.807, 2.05) is 6.08 Å². The second kappa shape index (κ2) is 11.8. The van der Waals surface area contributed by atoms with E-state index >= 15 is 0 Å². The third kappa shape index (κ3) is 7.09. The Morgan fingerprint density at radius 3 is 1.94 bits per heavy atom. The van der Waals surface area contributed by atoms with E-state index in [9.17, 15) is 0 Å². The van der Waals surface area contributed by atoms with Crippen LogP contribution in [0.4, 0.5) is 0 Å². The van der Waals surface area contributed by atoms with Crippen LogP contribution >= 0.6 is 0 Å². The summed E-state index contributed by atoms with van der Waals surface area (Å²) >= 11 is 0. The molecule has 0 amide bonds. The Morgan fingerprint density at radius 2 is 1.49 bits per heavy atom. The molecule has 0 aromatic carbocycles. The lowest BCUT2D eigenvalue weighted by Gasteiger charge is -2.52. The van der Waals surface area contributed by atoms with Gasteiger partial charge in [-0.1, -0.05) is 68.4 Å². The zero-order valence-corrected chi connectivity index (χ0v) is 26.9. The van der Waals surface area contributed by atoms with Gasteiger partial charge in [-0.25, -0.2) is 0 Å². The van der Waals surface area contributed by atoms with Gasteiger partial charge in [-0.15, -0.1) is 6.58 Å². The average molecular weight is 529 g/mol. The average Bonchev–Trinajstić information content (AvgIpc) is 2.71. The highest BCUT2D eigenvalue weighted by Gasteiger charge is 2.52. The van der Waals surface area contributed by atoms with Crippen molar-refractivity contribution < 1.29 is 23.1 Å². The molecule has 0 radical (unpaired) electrons. The Balaban J connectivity index is 2.35. The van der Waals surface area contributed by atoms with E-state index in [0.29, 0.717) is 29.7 Å². The highest BCUT2D eigenvalue weighted by Crippen LogP contribution is 2.46. The summed E-state index contributed by atoms with van der Waals surface area (Å²) in [6.45, 7) is 30.2. The van der Waals surface area contributed by atoms with Crippen molar-refractivity contribution in [1.29, 1.82) is 0 Å². The quantitative estimate of drug-likeness (QED) is 0.214. The van der Waals surface area contributed by atoms with Gasteiger partial charge in [0.25, 0.3) is 0 Å². The highest BCUT2D eigenvalue weighted by molar-refractivity contribution is 6.77. The Labute approximate surface area is 218 Å². The smallest absolute Gasteiger partial charge is 0.200 e. The van der Waals surface area contributed by atoms with Gasteiger partial charge in [0.15, 0.2) is 22.4 Å². The normalized spacial score (nSPS) is 31.1. The maximum absolute atomic E-state index is 7.00. The molecule has 0 saturated carbocycles. The number of hydrogen-bond donors (Lipinski definition) is 0. The first-order chi connectivity index (χ1) is 16.0. The minimum Gasteiger partial charge on any atom is -0.414 e. The Morgan fingerprint density at radius 1 is 0.943 bits per heavy atom. The summed E-state index contributed by atoms with van der Waals surface area (Å²) in [4.78, 5) is 0. The summed E-state index contributed by atoms with van der Waals surface area (Å²) in [6, 6.07) is 0. The molecular weight excluding hydrogens is 472 g/mol. The zero-order chi connectivity index (χ0) is 26.8. The number of hydrogen-bond acceptors (Lipinski definition) is 5. The molecule has 0 aromatic heterocycles. The van der Waals surface area contributed by atoms with Gasteiger partial charge in [-0.05, 0) is 34.8 Å². The van der Waals surface area contributed by atoms with Crippen molar-refractivity contribution in [3.05, 3.63) is 12.7 Å². The summed E-state index contributed by atoms with van der Waals surface area (Å²) in [7, 11) is -2.18. The van der Waals surface area contributed by atoms with E-state index in [1.54, 1.807) is 7.11 Å². The molecule has 2 aliphatic rings. The molecule has 2 heterocycles. The monoisotopic (exact) mass is 528 g/mol. The van der Waals surface area contributed by atoms with Crippen molar-refractivity contribution in [2.45, 2.75) is 153 Å². The third-order valence-electron chi connectivity index (χ3n) is 8.94. The van der Waals surface area contributed by atoms with Crippen LogP contribution in [0.3, 0.4) is 0 Å². The molecule has 0 aromatic rings. The van der Waals surface area contributed by atoms with Crippen molar-refractivity contribution in [3.63, 3.8) is 0 Å². The van der Waals surface area contributed by atoms with Crippen molar-refractivity contribution in [2.24, 2.45) is 0 Å². The van der Waals surface area contributed by atoms with Crippen LogP contribution in [0.5, 0.6) is 0 Å². The van der Waals surface area contributed by atoms with Gasteiger partial charge in [0.05, 0.1) is 31.0 Å². The summed E-state index contributed by atoms with van der Waals surface area (Å²) in [5.74, 6) is -0.727. The molecule has 2 saturated heterocycles. The van der Waals surface area contributed by atoms with Crippen LogP contribution < -0.4 is 0 Å². The summed E-state index contributed by atoms with van der Waals surface area (Å²) in [5.41, 5.74) is 1.61. The Kier molecular flexibility index (Phi) is 10.5. The standard InChI is InChI=1S/C28H56O5Si2/c1-14-23-15-24(29-11)17-28(31-23)18-25(33-34(12,13)27(8,9)10)16-26(32-28)19-30-35(20(2)3,21(4)5)22(6)7/h14,20-26H,1,15-19H2,2-13H3/t23-,24+,25+,26-,28-/m1/s1. The van der Waals surface area contributed by atoms with Crippen LogP contribution in [0.15, 0.2) is 12.7 Å². The molecule has 5 nitrogen and oxygen atoms in total. The largest absolute Gasteiger partial charge is 0.414 e. The first kappa shape index (κ1) is 31.2. The topological polar surface area (TPSA) is 46.2 Å². The minimum absolute atomic E-state index is 0.0669. The minimum atomic E-state index is -2.01. The van der Waals surface area contributed by atoms with Crippen LogP contribution in [0, 0.1) is 0 Å². The molecule has 35 heavy (non-hydrogen) atoms. The lowest BCUT2D eigenvalue weighted by molar-refractivity contribution is -0.334. The van der Waals surface area contributed by atoms with Crippen LogP contribution in [0.1, 0.15) is 88.0 Å². The fraction of sp³-hybridized carbons (Fsp3) is 0.929. The number of ether oxygens (including phenoxy) is 3. The van der Waals surface area contributed by atoms with Gasteiger partial charge in [0.1, 0.15) is 0 Å². The summed E-state index contributed by atoms with van der Waals surface area (Å²) in [5, 5.41) is 0.144. The number of rotatable bonds is 10. The van der Waals surface area contributed by atoms with Crippen molar-refractivity contribution >= 4 is 16.6 Å². The Bertz CT molecular complexity index is 666. The van der Waals surface area contributed by atoms with E-state index in [0.717, 1.165) is 19.3 Å². The predicted molar refractivity (Wildman–Crippen MR) is 151 cm³/mol. The van der Waals surface area contributed by atoms with Gasteiger partial charge >= 0.3 is 0 Å². The molecule has 0 N–H and O–H groups in total. The molecule has 7 heteroatoms. The molecule has 1 spiro atoms. The van der Waals surface area contributed by atoms with Crippen molar-refractivity contribution in [3.8, 4) is 0 Å². The molecule has 2 rings (SSSR count). The van der Waals surface area contributed by atoms with Gasteiger partial charge < -0.3 is 23.1 Å². The highest BCUT2D eigenvalue weighted by atomic mass is 28.4. The molecule has 2 aliphatic heterocycles. The van der Waals surface area contributed by atoms with E-state index in [1.165, 1.54) is 0 Å². The maximum Gasteiger partial charge on any atom is 0.200 e. The zero-order valence-electron chi connectivity index (χ0n) is 24.9. The SMILES string of the molecule is C=C[C@@H]1C[C@H](OC)C[C@@]2(C[C@@H](O[Si](C)(C)C(C)(C)C)C[C@H](CO[Si](C(C)C)(C(C)C)C(C)C)O2)O1. The van der Waals surface area contributed by atoms with E-state index in [4.69, 9.17) is 23.1 Å². The summed E-state index contributed by atoms with van der Waals surface area (Å²) in [6.07, 6.45) is 4.97. The van der Waals surface area contributed by atoms with Gasteiger partial charge in [0, 0.05) is 32.8 Å². The van der Waals surface area contributed by atoms with E-state index in [-0.39, 0.29) is 29.5 Å². The van der Waals surface area contributed by atoms with Gasteiger partial charge in [0.2, 0.25) is 0 Å². The van der Waals surface area contributed by atoms with Crippen LogP contribution in [0.25, 0.3) is 0 Å². The molecular formula is C28H56O5Si2. The molecule has 2 fully saturated rings. The maximum atomic E-state index is 7.00. The lowest BCUT2D eigenvalue weighted by Crippen LogP contribution is -2.58. The first-order valence-corrected chi connectivity index (χ1v) is 18.9. The fourth-order valence-corrected chi connectivity index (χ4v) is 13.1. The first-order valence-electron chi connectivity index (χ1n) is 13.8. The molecule has 206 valence electrons. The second-order valence-corrected chi connectivity index (χ2v) is 23.6. The fourth-order valence-electron chi connectivity index (χ4n) is 6.24. The molecule has 0 bridgehead atoms. The second-order valence-electron chi connectivity index (χ2n) is 13.4. The lowest BCUT2D eigenvalue weighted by atomic mass is 9.89. The Hall–Kier alpha value is -0.0262. The van der Waals surface area contributed by atoms with Crippen LogP contribution in [0.2, 0.25) is 34.8 Å². The van der Waals surface area contributed by atoms with Crippen molar-refractivity contribution in [2.75, 3.05) is 13.7 Å². The third-order valence-corrected chi connectivity index (χ3v) is 19.6. The van der Waals surface area contributed by atoms with E-state index < -0.39 is 22.4 Å². The molecule has 0 unspecified atom stereocenters.